The zero-order chi connectivity index (χ0) is 25.1. The molecule has 1 aliphatic heterocycles. The fourth-order valence-electron chi connectivity index (χ4n) is 4.46. The second-order valence-electron chi connectivity index (χ2n) is 9.13. The first-order chi connectivity index (χ1) is 17.5. The van der Waals surface area contributed by atoms with Crippen molar-refractivity contribution in [1.29, 1.82) is 0 Å². The van der Waals surface area contributed by atoms with Crippen LogP contribution in [0.1, 0.15) is 38.7 Å². The van der Waals surface area contributed by atoms with Gasteiger partial charge >= 0.3 is 0 Å². The Labute approximate surface area is 217 Å². The lowest BCUT2D eigenvalue weighted by Crippen LogP contribution is -2.39. The molecule has 0 aliphatic carbocycles. The lowest BCUT2D eigenvalue weighted by Gasteiger charge is -2.34. The van der Waals surface area contributed by atoms with Crippen LogP contribution in [0, 0.1) is 5.92 Å². The summed E-state index contributed by atoms with van der Waals surface area (Å²) in [6, 6.07) is 7.56. The van der Waals surface area contributed by atoms with Crippen LogP contribution in [0.5, 0.6) is 5.19 Å². The highest BCUT2D eigenvalue weighted by Gasteiger charge is 2.27. The summed E-state index contributed by atoms with van der Waals surface area (Å²) >= 11 is 1.42. The van der Waals surface area contributed by atoms with E-state index in [1.165, 1.54) is 16.9 Å². The summed E-state index contributed by atoms with van der Waals surface area (Å²) in [5.41, 5.74) is 3.47. The van der Waals surface area contributed by atoms with Crippen LogP contribution in [0.2, 0.25) is 0 Å². The molecule has 8 nitrogen and oxygen atoms in total. The third-order valence-electron chi connectivity index (χ3n) is 6.59. The van der Waals surface area contributed by atoms with Crippen LogP contribution < -0.4 is 9.64 Å². The SMILES string of the molecule is CCCc1cnc(N2CCC(C(C)Oc3nc4ncc(-c5ccc(S(C)=O)cc5)nc4s3)CC2)nc1. The maximum absolute atomic E-state index is 11.6. The van der Waals surface area contributed by atoms with Gasteiger partial charge in [-0.2, -0.15) is 4.98 Å². The summed E-state index contributed by atoms with van der Waals surface area (Å²) < 4.78 is 17.9. The number of fused-ring (bicyclic) bond motifs is 1. The van der Waals surface area contributed by atoms with E-state index in [1.54, 1.807) is 12.5 Å². The van der Waals surface area contributed by atoms with E-state index in [0.29, 0.717) is 16.8 Å². The number of anilines is 1. The largest absolute Gasteiger partial charge is 0.467 e. The summed E-state index contributed by atoms with van der Waals surface area (Å²) in [4.78, 5) is 26.7. The minimum Gasteiger partial charge on any atom is -0.467 e. The molecule has 1 aliphatic rings. The van der Waals surface area contributed by atoms with Crippen LogP contribution >= 0.6 is 11.3 Å². The van der Waals surface area contributed by atoms with Crippen molar-refractivity contribution in [3.05, 3.63) is 48.4 Å². The number of ether oxygens (including phenoxy) is 1. The molecule has 5 rings (SSSR count). The molecule has 1 aromatic carbocycles. The van der Waals surface area contributed by atoms with Gasteiger partial charge in [0.05, 0.1) is 11.9 Å². The molecule has 2 unspecified atom stereocenters. The van der Waals surface area contributed by atoms with Gasteiger partial charge in [-0.1, -0.05) is 36.8 Å². The lowest BCUT2D eigenvalue weighted by atomic mass is 9.92. The summed E-state index contributed by atoms with van der Waals surface area (Å²) in [5.74, 6) is 1.25. The average Bonchev–Trinajstić information content (AvgIpc) is 3.31. The number of rotatable bonds is 8. The first-order valence-corrected chi connectivity index (χ1v) is 14.7. The van der Waals surface area contributed by atoms with Crippen LogP contribution in [0.15, 0.2) is 47.8 Å². The zero-order valence-corrected chi connectivity index (χ0v) is 22.4. The molecule has 1 fully saturated rings. The number of benzene rings is 1. The molecule has 4 heterocycles. The van der Waals surface area contributed by atoms with Gasteiger partial charge in [0, 0.05) is 53.0 Å². The predicted octanol–water partition coefficient (Wildman–Crippen LogP) is 4.92. The smallest absolute Gasteiger partial charge is 0.277 e. The number of aryl methyl sites for hydroxylation is 1. The molecule has 36 heavy (non-hydrogen) atoms. The molecule has 0 spiro atoms. The fraction of sp³-hybridized carbons (Fsp3) is 0.423. The second-order valence-corrected chi connectivity index (χ2v) is 11.5. The Morgan fingerprint density at radius 2 is 1.81 bits per heavy atom. The van der Waals surface area contributed by atoms with E-state index in [-0.39, 0.29) is 6.10 Å². The van der Waals surface area contributed by atoms with Crippen LogP contribution in [-0.2, 0) is 17.2 Å². The first kappa shape index (κ1) is 24.7. The van der Waals surface area contributed by atoms with Crippen LogP contribution in [0.3, 0.4) is 0 Å². The topological polar surface area (TPSA) is 94.0 Å². The molecule has 2 atom stereocenters. The standard InChI is InChI=1S/C26H30N6O2S2/c1-4-5-18-14-28-25(29-15-18)32-12-10-19(11-13-32)17(2)34-26-31-23-24(35-26)30-22(16-27-23)20-6-8-21(9-7-20)36(3)33/h6-9,14-17,19H,4-5,10-13H2,1-3H3. The van der Waals surface area contributed by atoms with E-state index in [0.717, 1.165) is 65.7 Å². The molecule has 0 N–H and O–H groups in total. The normalized spacial score (nSPS) is 16.2. The van der Waals surface area contributed by atoms with Crippen LogP contribution in [-0.4, -0.2) is 54.6 Å². The van der Waals surface area contributed by atoms with Crippen molar-refractivity contribution in [2.24, 2.45) is 5.92 Å². The van der Waals surface area contributed by atoms with Crippen LogP contribution in [0.4, 0.5) is 5.95 Å². The Bertz CT molecular complexity index is 1340. The van der Waals surface area contributed by atoms with Gasteiger partial charge in [-0.05, 0) is 49.8 Å². The molecule has 0 radical (unpaired) electrons. The minimum absolute atomic E-state index is 0.0440. The molecule has 188 valence electrons. The highest BCUT2D eigenvalue weighted by atomic mass is 32.2. The van der Waals surface area contributed by atoms with Gasteiger partial charge in [-0.3, -0.25) is 4.21 Å². The summed E-state index contributed by atoms with van der Waals surface area (Å²) in [5, 5.41) is 0.601. The Morgan fingerprint density at radius 1 is 1.08 bits per heavy atom. The second kappa shape index (κ2) is 11.0. The number of nitrogens with zero attached hydrogens (tertiary/aromatic N) is 6. The third-order valence-corrected chi connectivity index (χ3v) is 8.35. The van der Waals surface area contributed by atoms with Crippen LogP contribution in [0.25, 0.3) is 21.7 Å². The van der Waals surface area contributed by atoms with E-state index < -0.39 is 10.8 Å². The summed E-state index contributed by atoms with van der Waals surface area (Å²) in [6.45, 7) is 6.12. The number of aromatic nitrogens is 5. The molecule has 4 aromatic rings. The molecule has 0 bridgehead atoms. The lowest BCUT2D eigenvalue weighted by molar-refractivity contribution is 0.132. The van der Waals surface area contributed by atoms with Crippen molar-refractivity contribution >= 4 is 38.6 Å². The number of hydrogen-bond donors (Lipinski definition) is 0. The Balaban J connectivity index is 1.20. The highest BCUT2D eigenvalue weighted by Crippen LogP contribution is 2.31. The van der Waals surface area contributed by atoms with E-state index in [2.05, 4.69) is 38.7 Å². The van der Waals surface area contributed by atoms with Gasteiger partial charge in [-0.15, -0.1) is 0 Å². The van der Waals surface area contributed by atoms with Gasteiger partial charge in [0.15, 0.2) is 10.5 Å². The predicted molar refractivity (Wildman–Crippen MR) is 144 cm³/mol. The Hall–Kier alpha value is -2.98. The van der Waals surface area contributed by atoms with Crippen molar-refractivity contribution < 1.29 is 8.95 Å². The monoisotopic (exact) mass is 522 g/mol. The summed E-state index contributed by atoms with van der Waals surface area (Å²) in [7, 11) is -1.00. The van der Waals surface area contributed by atoms with Gasteiger partial charge in [0.2, 0.25) is 5.95 Å². The molecular formula is C26H30N6O2S2. The molecular weight excluding hydrogens is 492 g/mol. The van der Waals surface area contributed by atoms with E-state index in [9.17, 15) is 4.21 Å². The van der Waals surface area contributed by atoms with Gasteiger partial charge in [0.25, 0.3) is 5.19 Å². The van der Waals surface area contributed by atoms with Crippen molar-refractivity contribution in [3.8, 4) is 16.5 Å². The number of piperidine rings is 1. The van der Waals surface area contributed by atoms with E-state index >= 15 is 0 Å². The fourth-order valence-corrected chi connectivity index (χ4v) is 5.81. The molecule has 0 saturated carbocycles. The Morgan fingerprint density at radius 3 is 2.47 bits per heavy atom. The average molecular weight is 523 g/mol. The summed E-state index contributed by atoms with van der Waals surface area (Å²) in [6.07, 6.45) is 11.5. The molecule has 1 saturated heterocycles. The van der Waals surface area contributed by atoms with Crippen molar-refractivity contribution in [1.82, 2.24) is 24.9 Å². The van der Waals surface area contributed by atoms with Gasteiger partial charge in [-0.25, -0.2) is 19.9 Å². The number of thiazole rings is 1. The highest BCUT2D eigenvalue weighted by molar-refractivity contribution is 7.84. The van der Waals surface area contributed by atoms with Crippen molar-refractivity contribution in [2.45, 2.75) is 50.5 Å². The molecule has 3 aromatic heterocycles. The van der Waals surface area contributed by atoms with Crippen molar-refractivity contribution in [3.63, 3.8) is 0 Å². The third kappa shape index (κ3) is 5.54. The molecule has 0 amide bonds. The van der Waals surface area contributed by atoms with Gasteiger partial charge < -0.3 is 9.64 Å². The van der Waals surface area contributed by atoms with E-state index in [1.807, 2.05) is 36.7 Å². The maximum atomic E-state index is 11.6. The Kier molecular flexibility index (Phi) is 7.52. The van der Waals surface area contributed by atoms with Gasteiger partial charge in [0.1, 0.15) is 6.10 Å². The zero-order valence-electron chi connectivity index (χ0n) is 20.8. The number of hydrogen-bond acceptors (Lipinski definition) is 9. The molecule has 10 heteroatoms. The first-order valence-electron chi connectivity index (χ1n) is 12.3. The van der Waals surface area contributed by atoms with E-state index in [4.69, 9.17) is 9.72 Å². The quantitative estimate of drug-likeness (QED) is 0.322. The van der Waals surface area contributed by atoms with Crippen molar-refractivity contribution in [2.75, 3.05) is 24.2 Å². The maximum Gasteiger partial charge on any atom is 0.277 e. The minimum atomic E-state index is -1.00.